The Bertz CT molecular complexity index is 408. The Morgan fingerprint density at radius 3 is 2.42 bits per heavy atom. The second-order valence-electron chi connectivity index (χ2n) is 5.42. The van der Waals surface area contributed by atoms with E-state index in [0.717, 1.165) is 43.4 Å². The summed E-state index contributed by atoms with van der Waals surface area (Å²) in [7, 11) is 0. The average Bonchev–Trinajstić information content (AvgIpc) is 2.41. The lowest BCUT2D eigenvalue weighted by atomic mass is 9.91. The van der Waals surface area contributed by atoms with Gasteiger partial charge in [0.1, 0.15) is 0 Å². The second kappa shape index (κ2) is 6.57. The van der Waals surface area contributed by atoms with Gasteiger partial charge in [-0.05, 0) is 49.8 Å². The van der Waals surface area contributed by atoms with Crippen LogP contribution in [0, 0.1) is 0 Å². The summed E-state index contributed by atoms with van der Waals surface area (Å²) in [4.78, 5) is 11.9. The number of hydrogen-bond acceptors (Lipinski definition) is 3. The summed E-state index contributed by atoms with van der Waals surface area (Å²) in [6.07, 6.45) is 5.35. The first-order valence-electron chi connectivity index (χ1n) is 7.03. The third kappa shape index (κ3) is 4.56. The zero-order valence-corrected chi connectivity index (χ0v) is 11.3. The fourth-order valence-corrected chi connectivity index (χ4v) is 2.51. The lowest BCUT2D eigenvalue weighted by Crippen LogP contribution is -2.40. The maximum atomic E-state index is 11.9. The number of rotatable bonds is 4. The van der Waals surface area contributed by atoms with Crippen LogP contribution in [0.15, 0.2) is 24.3 Å². The van der Waals surface area contributed by atoms with Crippen LogP contribution in [-0.2, 0) is 11.2 Å². The molecule has 4 heteroatoms. The van der Waals surface area contributed by atoms with Gasteiger partial charge in [-0.25, -0.2) is 0 Å². The molecule has 5 N–H and O–H groups in total. The summed E-state index contributed by atoms with van der Waals surface area (Å²) in [5.41, 5.74) is 13.4. The van der Waals surface area contributed by atoms with Gasteiger partial charge in [-0.15, -0.1) is 0 Å². The minimum Gasteiger partial charge on any atom is -0.399 e. The van der Waals surface area contributed by atoms with Crippen LogP contribution in [-0.4, -0.2) is 18.0 Å². The van der Waals surface area contributed by atoms with Gasteiger partial charge in [-0.3, -0.25) is 4.79 Å². The van der Waals surface area contributed by atoms with E-state index in [1.165, 1.54) is 0 Å². The van der Waals surface area contributed by atoms with Crippen LogP contribution in [0.25, 0.3) is 0 Å². The van der Waals surface area contributed by atoms with Gasteiger partial charge in [0.25, 0.3) is 0 Å². The van der Waals surface area contributed by atoms with Crippen molar-refractivity contribution in [3.63, 3.8) is 0 Å². The first-order chi connectivity index (χ1) is 9.13. The Labute approximate surface area is 114 Å². The molecule has 0 bridgehead atoms. The predicted molar refractivity (Wildman–Crippen MR) is 77.5 cm³/mol. The Morgan fingerprint density at radius 2 is 1.79 bits per heavy atom. The summed E-state index contributed by atoms with van der Waals surface area (Å²) in [6.45, 7) is 0. The van der Waals surface area contributed by atoms with Gasteiger partial charge < -0.3 is 16.8 Å². The third-order valence-electron chi connectivity index (χ3n) is 3.76. The molecule has 0 radical (unpaired) electrons. The number of aryl methyl sites for hydroxylation is 1. The smallest absolute Gasteiger partial charge is 0.220 e. The van der Waals surface area contributed by atoms with E-state index in [-0.39, 0.29) is 5.91 Å². The molecule has 1 aliphatic rings. The van der Waals surface area contributed by atoms with Crippen molar-refractivity contribution < 1.29 is 4.79 Å². The fourth-order valence-electron chi connectivity index (χ4n) is 2.51. The minimum absolute atomic E-state index is 0.136. The van der Waals surface area contributed by atoms with Crippen LogP contribution in [0.1, 0.15) is 37.7 Å². The molecule has 0 heterocycles. The third-order valence-corrected chi connectivity index (χ3v) is 3.76. The summed E-state index contributed by atoms with van der Waals surface area (Å²) >= 11 is 0. The molecule has 0 saturated heterocycles. The molecule has 1 aromatic rings. The first-order valence-corrected chi connectivity index (χ1v) is 7.03. The van der Waals surface area contributed by atoms with E-state index >= 15 is 0 Å². The van der Waals surface area contributed by atoms with Gasteiger partial charge in [0.15, 0.2) is 0 Å². The number of nitrogens with two attached hydrogens (primary N) is 2. The summed E-state index contributed by atoms with van der Waals surface area (Å²) in [5, 5.41) is 3.10. The predicted octanol–water partition coefficient (Wildman–Crippen LogP) is 1.59. The van der Waals surface area contributed by atoms with E-state index < -0.39 is 0 Å². The highest BCUT2D eigenvalue weighted by Crippen LogP contribution is 2.17. The van der Waals surface area contributed by atoms with Crippen LogP contribution in [0.3, 0.4) is 0 Å². The molecule has 0 atom stereocenters. The first kappa shape index (κ1) is 13.9. The highest BCUT2D eigenvalue weighted by molar-refractivity contribution is 5.76. The highest BCUT2D eigenvalue weighted by atomic mass is 16.1. The van der Waals surface area contributed by atoms with Crippen molar-refractivity contribution in [2.24, 2.45) is 5.73 Å². The molecule has 0 aliphatic heterocycles. The van der Waals surface area contributed by atoms with E-state index in [2.05, 4.69) is 5.32 Å². The zero-order chi connectivity index (χ0) is 13.7. The summed E-state index contributed by atoms with van der Waals surface area (Å²) in [6, 6.07) is 8.33. The summed E-state index contributed by atoms with van der Waals surface area (Å²) in [5.74, 6) is 0.136. The van der Waals surface area contributed by atoms with Crippen molar-refractivity contribution in [3.8, 4) is 0 Å². The van der Waals surface area contributed by atoms with Crippen molar-refractivity contribution >= 4 is 11.6 Å². The lowest BCUT2D eigenvalue weighted by Gasteiger charge is -2.26. The molecule has 19 heavy (non-hydrogen) atoms. The van der Waals surface area contributed by atoms with Gasteiger partial charge in [0.2, 0.25) is 5.91 Å². The number of hydrogen-bond donors (Lipinski definition) is 3. The van der Waals surface area contributed by atoms with Crippen LogP contribution in [0.4, 0.5) is 5.69 Å². The summed E-state index contributed by atoms with van der Waals surface area (Å²) < 4.78 is 0. The van der Waals surface area contributed by atoms with Gasteiger partial charge in [-0.2, -0.15) is 0 Å². The van der Waals surface area contributed by atoms with Crippen LogP contribution in [0.5, 0.6) is 0 Å². The minimum atomic E-state index is 0.136. The van der Waals surface area contributed by atoms with Crippen molar-refractivity contribution in [2.45, 2.75) is 50.6 Å². The molecule has 104 valence electrons. The standard InChI is InChI=1S/C15H23N3O/c16-12-4-1-11(2-5-12)3-10-15(19)18-14-8-6-13(17)7-9-14/h1-2,4-5,13-14H,3,6-10,16-17H2,(H,18,19). The normalized spacial score (nSPS) is 23.0. The maximum Gasteiger partial charge on any atom is 0.220 e. The fraction of sp³-hybridized carbons (Fsp3) is 0.533. The second-order valence-corrected chi connectivity index (χ2v) is 5.42. The van der Waals surface area contributed by atoms with Crippen molar-refractivity contribution in [3.05, 3.63) is 29.8 Å². The van der Waals surface area contributed by atoms with E-state index in [4.69, 9.17) is 11.5 Å². The number of anilines is 1. The lowest BCUT2D eigenvalue weighted by molar-refractivity contribution is -0.122. The van der Waals surface area contributed by atoms with Crippen LogP contribution >= 0.6 is 0 Å². The topological polar surface area (TPSA) is 81.1 Å². The molecule has 2 rings (SSSR count). The zero-order valence-electron chi connectivity index (χ0n) is 11.3. The number of nitrogen functional groups attached to an aromatic ring is 1. The van der Waals surface area contributed by atoms with Gasteiger partial charge in [0.05, 0.1) is 0 Å². The van der Waals surface area contributed by atoms with Gasteiger partial charge in [-0.1, -0.05) is 12.1 Å². The molecule has 1 aliphatic carbocycles. The Hall–Kier alpha value is -1.55. The maximum absolute atomic E-state index is 11.9. The largest absolute Gasteiger partial charge is 0.399 e. The Kier molecular flexibility index (Phi) is 4.80. The van der Waals surface area contributed by atoms with E-state index in [9.17, 15) is 4.79 Å². The van der Waals surface area contributed by atoms with Crippen LogP contribution < -0.4 is 16.8 Å². The van der Waals surface area contributed by atoms with E-state index in [0.29, 0.717) is 18.5 Å². The quantitative estimate of drug-likeness (QED) is 0.720. The van der Waals surface area contributed by atoms with Crippen LogP contribution in [0.2, 0.25) is 0 Å². The molecular formula is C15H23N3O. The number of carbonyl (C=O) groups is 1. The molecule has 1 fully saturated rings. The van der Waals surface area contributed by atoms with Gasteiger partial charge >= 0.3 is 0 Å². The van der Waals surface area contributed by atoms with Crippen molar-refractivity contribution in [2.75, 3.05) is 5.73 Å². The molecule has 1 saturated carbocycles. The number of amides is 1. The SMILES string of the molecule is Nc1ccc(CCC(=O)NC2CCC(N)CC2)cc1. The molecule has 0 spiro atoms. The molecule has 1 aromatic carbocycles. The molecule has 0 aromatic heterocycles. The van der Waals surface area contributed by atoms with Crippen molar-refractivity contribution in [1.82, 2.24) is 5.32 Å². The number of carbonyl (C=O) groups excluding carboxylic acids is 1. The molecule has 4 nitrogen and oxygen atoms in total. The van der Waals surface area contributed by atoms with Crippen molar-refractivity contribution in [1.29, 1.82) is 0 Å². The monoisotopic (exact) mass is 261 g/mol. The molecule has 0 unspecified atom stereocenters. The Balaban J connectivity index is 1.71. The molecular weight excluding hydrogens is 238 g/mol. The van der Waals surface area contributed by atoms with Gasteiger partial charge in [0, 0.05) is 24.2 Å². The number of benzene rings is 1. The average molecular weight is 261 g/mol. The van der Waals surface area contributed by atoms with E-state index in [1.54, 1.807) is 0 Å². The molecule has 1 amide bonds. The highest BCUT2D eigenvalue weighted by Gasteiger charge is 2.19. The number of nitrogens with one attached hydrogen (secondary N) is 1. The van der Waals surface area contributed by atoms with E-state index in [1.807, 2.05) is 24.3 Å². The Morgan fingerprint density at radius 1 is 1.16 bits per heavy atom.